The molecule has 1 aromatic rings. The highest BCUT2D eigenvalue weighted by molar-refractivity contribution is 14.0. The van der Waals surface area contributed by atoms with Gasteiger partial charge in [0, 0.05) is 36.1 Å². The zero-order valence-electron chi connectivity index (χ0n) is 13.6. The van der Waals surface area contributed by atoms with Gasteiger partial charge in [-0.2, -0.15) is 0 Å². The molecule has 2 aliphatic rings. The van der Waals surface area contributed by atoms with Gasteiger partial charge in [-0.1, -0.05) is 34.1 Å². The van der Waals surface area contributed by atoms with Crippen molar-refractivity contribution in [2.75, 3.05) is 32.8 Å². The molecule has 0 radical (unpaired) electrons. The first-order valence-electron chi connectivity index (χ1n) is 8.07. The van der Waals surface area contributed by atoms with Crippen molar-refractivity contribution in [1.82, 2.24) is 10.2 Å². The molecule has 0 amide bonds. The lowest BCUT2D eigenvalue weighted by Gasteiger charge is -2.25. The van der Waals surface area contributed by atoms with Gasteiger partial charge in [-0.05, 0) is 31.4 Å². The molecule has 6 heteroatoms. The van der Waals surface area contributed by atoms with Crippen LogP contribution in [0.3, 0.4) is 0 Å². The Hall–Kier alpha value is -0.340. The molecule has 1 aromatic carbocycles. The van der Waals surface area contributed by atoms with E-state index >= 15 is 0 Å². The van der Waals surface area contributed by atoms with Crippen molar-refractivity contribution in [2.45, 2.75) is 26.3 Å². The molecule has 4 nitrogen and oxygen atoms in total. The summed E-state index contributed by atoms with van der Waals surface area (Å²) in [5.41, 5.74) is 1.58. The van der Waals surface area contributed by atoms with Gasteiger partial charge >= 0.3 is 0 Å². The molecule has 1 spiro atoms. The number of hydrogen-bond acceptors (Lipinski definition) is 2. The highest BCUT2D eigenvalue weighted by atomic mass is 127. The van der Waals surface area contributed by atoms with Crippen molar-refractivity contribution in [1.29, 1.82) is 0 Å². The maximum atomic E-state index is 5.62. The Balaban J connectivity index is 0.00000192. The minimum atomic E-state index is 0. The summed E-state index contributed by atoms with van der Waals surface area (Å²) < 4.78 is 6.74. The molecule has 2 saturated heterocycles. The van der Waals surface area contributed by atoms with E-state index in [1.54, 1.807) is 0 Å². The van der Waals surface area contributed by atoms with Crippen LogP contribution in [0.15, 0.2) is 33.7 Å². The average molecular weight is 494 g/mol. The molecule has 2 aliphatic heterocycles. The van der Waals surface area contributed by atoms with Crippen molar-refractivity contribution < 1.29 is 4.74 Å². The third kappa shape index (κ3) is 4.60. The second kappa shape index (κ2) is 8.67. The number of aliphatic imine (C=N–C) groups is 1. The van der Waals surface area contributed by atoms with E-state index in [1.165, 1.54) is 18.4 Å². The molecule has 0 saturated carbocycles. The van der Waals surface area contributed by atoms with E-state index in [0.29, 0.717) is 12.0 Å². The van der Waals surface area contributed by atoms with Gasteiger partial charge in [-0.3, -0.25) is 0 Å². The summed E-state index contributed by atoms with van der Waals surface area (Å²) in [6, 6.07) is 8.28. The fourth-order valence-corrected chi connectivity index (χ4v) is 3.71. The molecule has 2 heterocycles. The summed E-state index contributed by atoms with van der Waals surface area (Å²) in [7, 11) is 0. The number of likely N-dealkylation sites (tertiary alicyclic amines) is 1. The predicted molar refractivity (Wildman–Crippen MR) is 108 cm³/mol. The smallest absolute Gasteiger partial charge is 0.194 e. The largest absolute Gasteiger partial charge is 0.381 e. The Morgan fingerprint density at radius 1 is 1.39 bits per heavy atom. The van der Waals surface area contributed by atoms with Gasteiger partial charge in [0.25, 0.3) is 0 Å². The zero-order chi connectivity index (χ0) is 15.4. The molecule has 128 valence electrons. The minimum Gasteiger partial charge on any atom is -0.381 e. The molecule has 0 aliphatic carbocycles. The standard InChI is InChI=1S/C17H24BrN3O.HI/c1-2-19-16(20-11-14-5-3-4-6-15(14)18)21-9-7-17(12-21)8-10-22-13-17;/h3-6H,2,7-13H2,1H3,(H,19,20);1H. The Bertz CT molecular complexity index is 546. The first-order chi connectivity index (χ1) is 10.7. The number of rotatable bonds is 3. The SMILES string of the molecule is CCNC(=NCc1ccccc1Br)N1CCC2(CCOC2)C1.I. The summed E-state index contributed by atoms with van der Waals surface area (Å²) in [6.45, 7) is 7.68. The topological polar surface area (TPSA) is 36.9 Å². The van der Waals surface area contributed by atoms with Crippen LogP contribution >= 0.6 is 39.9 Å². The lowest BCUT2D eigenvalue weighted by Crippen LogP contribution is -2.41. The number of halogens is 2. The van der Waals surface area contributed by atoms with Crippen LogP contribution in [0.4, 0.5) is 0 Å². The summed E-state index contributed by atoms with van der Waals surface area (Å²) in [6.07, 6.45) is 2.40. The second-order valence-electron chi connectivity index (χ2n) is 6.24. The van der Waals surface area contributed by atoms with Crippen molar-refractivity contribution in [3.8, 4) is 0 Å². The van der Waals surface area contributed by atoms with Crippen molar-refractivity contribution in [2.24, 2.45) is 10.4 Å². The van der Waals surface area contributed by atoms with Crippen LogP contribution in [0.1, 0.15) is 25.3 Å². The van der Waals surface area contributed by atoms with Crippen molar-refractivity contribution >= 4 is 45.9 Å². The fourth-order valence-electron chi connectivity index (χ4n) is 3.30. The highest BCUT2D eigenvalue weighted by Crippen LogP contribution is 2.38. The maximum Gasteiger partial charge on any atom is 0.194 e. The van der Waals surface area contributed by atoms with Gasteiger partial charge < -0.3 is 15.0 Å². The fraction of sp³-hybridized carbons (Fsp3) is 0.588. The van der Waals surface area contributed by atoms with E-state index in [0.717, 1.165) is 43.3 Å². The van der Waals surface area contributed by atoms with E-state index in [9.17, 15) is 0 Å². The van der Waals surface area contributed by atoms with Crippen molar-refractivity contribution in [3.05, 3.63) is 34.3 Å². The Labute approximate surface area is 164 Å². The number of benzene rings is 1. The van der Waals surface area contributed by atoms with Crippen LogP contribution in [0.25, 0.3) is 0 Å². The van der Waals surface area contributed by atoms with Crippen LogP contribution in [-0.4, -0.2) is 43.7 Å². The lowest BCUT2D eigenvalue weighted by molar-refractivity contribution is 0.156. The van der Waals surface area contributed by atoms with E-state index in [2.05, 4.69) is 51.3 Å². The molecule has 0 bridgehead atoms. The number of guanidine groups is 1. The second-order valence-corrected chi connectivity index (χ2v) is 7.09. The van der Waals surface area contributed by atoms with Crippen LogP contribution < -0.4 is 5.32 Å². The van der Waals surface area contributed by atoms with Gasteiger partial charge in [0.05, 0.1) is 13.2 Å². The van der Waals surface area contributed by atoms with E-state index in [1.807, 2.05) is 6.07 Å². The average Bonchev–Trinajstić information content (AvgIpc) is 3.16. The first kappa shape index (κ1) is 19.0. The van der Waals surface area contributed by atoms with Gasteiger partial charge in [0.2, 0.25) is 0 Å². The van der Waals surface area contributed by atoms with E-state index < -0.39 is 0 Å². The normalized spacial score (nSPS) is 24.1. The molecule has 1 N–H and O–H groups in total. The van der Waals surface area contributed by atoms with Gasteiger partial charge in [-0.15, -0.1) is 24.0 Å². The minimum absolute atomic E-state index is 0. The molecule has 1 atom stereocenters. The molecular formula is C17H25BrIN3O. The highest BCUT2D eigenvalue weighted by Gasteiger charge is 2.42. The van der Waals surface area contributed by atoms with Crippen LogP contribution in [-0.2, 0) is 11.3 Å². The monoisotopic (exact) mass is 493 g/mol. The number of nitrogens with one attached hydrogen (secondary N) is 1. The van der Waals surface area contributed by atoms with Crippen molar-refractivity contribution in [3.63, 3.8) is 0 Å². The third-order valence-electron chi connectivity index (χ3n) is 4.61. The Kier molecular flexibility index (Phi) is 7.16. The van der Waals surface area contributed by atoms with Gasteiger partial charge in [0.1, 0.15) is 0 Å². The molecular weight excluding hydrogens is 469 g/mol. The van der Waals surface area contributed by atoms with Crippen LogP contribution in [0.2, 0.25) is 0 Å². The molecule has 3 rings (SSSR count). The summed E-state index contributed by atoms with van der Waals surface area (Å²) in [5, 5.41) is 3.44. The molecule has 0 aromatic heterocycles. The predicted octanol–water partition coefficient (Wildman–Crippen LogP) is 3.65. The van der Waals surface area contributed by atoms with Gasteiger partial charge in [0.15, 0.2) is 5.96 Å². The Morgan fingerprint density at radius 3 is 2.91 bits per heavy atom. The lowest BCUT2D eigenvalue weighted by atomic mass is 9.87. The summed E-state index contributed by atoms with van der Waals surface area (Å²) in [4.78, 5) is 7.24. The zero-order valence-corrected chi connectivity index (χ0v) is 17.5. The molecule has 1 unspecified atom stereocenters. The number of ether oxygens (including phenoxy) is 1. The Morgan fingerprint density at radius 2 is 2.22 bits per heavy atom. The molecule has 2 fully saturated rings. The van der Waals surface area contributed by atoms with E-state index in [4.69, 9.17) is 9.73 Å². The summed E-state index contributed by atoms with van der Waals surface area (Å²) >= 11 is 3.60. The quantitative estimate of drug-likeness (QED) is 0.396. The first-order valence-corrected chi connectivity index (χ1v) is 8.86. The number of hydrogen-bond donors (Lipinski definition) is 1. The third-order valence-corrected chi connectivity index (χ3v) is 5.39. The molecule has 23 heavy (non-hydrogen) atoms. The van der Waals surface area contributed by atoms with E-state index in [-0.39, 0.29) is 24.0 Å². The number of nitrogens with zero attached hydrogens (tertiary/aromatic N) is 2. The van der Waals surface area contributed by atoms with Crippen LogP contribution in [0.5, 0.6) is 0 Å². The van der Waals surface area contributed by atoms with Crippen LogP contribution in [0, 0.1) is 5.41 Å². The van der Waals surface area contributed by atoms with Gasteiger partial charge in [-0.25, -0.2) is 4.99 Å². The summed E-state index contributed by atoms with van der Waals surface area (Å²) in [5.74, 6) is 1.03. The maximum absolute atomic E-state index is 5.62.